The van der Waals surface area contributed by atoms with Crippen molar-refractivity contribution in [2.75, 3.05) is 42.5 Å². The van der Waals surface area contributed by atoms with E-state index in [0.717, 1.165) is 43.1 Å². The summed E-state index contributed by atoms with van der Waals surface area (Å²) in [6, 6.07) is 13.9. The van der Waals surface area contributed by atoms with Gasteiger partial charge in [-0.2, -0.15) is 0 Å². The van der Waals surface area contributed by atoms with Crippen molar-refractivity contribution < 1.29 is 14.0 Å². The predicted molar refractivity (Wildman–Crippen MR) is 117 cm³/mol. The number of nitrogens with two attached hydrogens (primary N) is 1. The first-order valence-electron chi connectivity index (χ1n) is 10.3. The van der Waals surface area contributed by atoms with E-state index in [0.29, 0.717) is 0 Å². The third-order valence-electron chi connectivity index (χ3n) is 5.57. The van der Waals surface area contributed by atoms with Crippen molar-refractivity contribution in [3.8, 4) is 0 Å². The highest BCUT2D eigenvalue weighted by molar-refractivity contribution is 5.97. The van der Waals surface area contributed by atoms with Crippen molar-refractivity contribution in [1.82, 2.24) is 4.90 Å². The normalized spacial score (nSPS) is 15.6. The average molecular weight is 413 g/mol. The lowest BCUT2D eigenvalue weighted by atomic mass is 10.1. The standard InChI is InChI=1S/C23H29FN4O2/c1-17-4-3-5-21(16-17)28(11-10-22(25)29)23(30)18(2)26-12-14-27(15-13-26)20-8-6-19(24)7-9-20/h3-9,16,18H,10-15H2,1-2H3,(H2,25,29). The molecule has 6 nitrogen and oxygen atoms in total. The predicted octanol–water partition coefficient (Wildman–Crippen LogP) is 2.55. The van der Waals surface area contributed by atoms with Gasteiger partial charge < -0.3 is 15.5 Å². The summed E-state index contributed by atoms with van der Waals surface area (Å²) >= 11 is 0. The summed E-state index contributed by atoms with van der Waals surface area (Å²) < 4.78 is 13.2. The van der Waals surface area contributed by atoms with Crippen LogP contribution in [-0.4, -0.2) is 55.5 Å². The summed E-state index contributed by atoms with van der Waals surface area (Å²) in [7, 11) is 0. The second kappa shape index (κ2) is 9.71. The summed E-state index contributed by atoms with van der Waals surface area (Å²) in [5.41, 5.74) is 8.14. The van der Waals surface area contributed by atoms with E-state index in [-0.39, 0.29) is 30.7 Å². The monoisotopic (exact) mass is 412 g/mol. The molecule has 2 aromatic rings. The maximum absolute atomic E-state index is 13.3. The second-order valence-corrected chi connectivity index (χ2v) is 7.72. The number of halogens is 1. The minimum Gasteiger partial charge on any atom is -0.370 e. The smallest absolute Gasteiger partial charge is 0.244 e. The molecule has 1 fully saturated rings. The maximum atomic E-state index is 13.3. The number of amides is 2. The van der Waals surface area contributed by atoms with Gasteiger partial charge in [-0.15, -0.1) is 0 Å². The first kappa shape index (κ1) is 21.8. The summed E-state index contributed by atoms with van der Waals surface area (Å²) in [4.78, 5) is 30.7. The Kier molecular flexibility index (Phi) is 7.05. The van der Waals surface area contributed by atoms with Crippen LogP contribution in [0.4, 0.5) is 15.8 Å². The lowest BCUT2D eigenvalue weighted by Crippen LogP contribution is -2.55. The highest BCUT2D eigenvalue weighted by Crippen LogP contribution is 2.21. The zero-order valence-electron chi connectivity index (χ0n) is 17.6. The molecule has 0 radical (unpaired) electrons. The van der Waals surface area contributed by atoms with Crippen molar-refractivity contribution in [2.24, 2.45) is 5.73 Å². The lowest BCUT2D eigenvalue weighted by Gasteiger charge is -2.40. The van der Waals surface area contributed by atoms with E-state index in [1.54, 1.807) is 17.0 Å². The number of piperazine rings is 1. The van der Waals surface area contributed by atoms with E-state index >= 15 is 0 Å². The van der Waals surface area contributed by atoms with Crippen LogP contribution >= 0.6 is 0 Å². The number of nitrogens with zero attached hydrogens (tertiary/aromatic N) is 3. The van der Waals surface area contributed by atoms with E-state index in [9.17, 15) is 14.0 Å². The fourth-order valence-electron chi connectivity index (χ4n) is 3.79. The highest BCUT2D eigenvalue weighted by atomic mass is 19.1. The Hall–Kier alpha value is -2.93. The quantitative estimate of drug-likeness (QED) is 0.759. The number of carbonyl (C=O) groups is 2. The van der Waals surface area contributed by atoms with Crippen LogP contribution in [0.5, 0.6) is 0 Å². The SMILES string of the molecule is Cc1cccc(N(CCC(N)=O)C(=O)C(C)N2CCN(c3ccc(F)cc3)CC2)c1. The number of benzene rings is 2. The van der Waals surface area contributed by atoms with Gasteiger partial charge in [0.05, 0.1) is 6.04 Å². The fraction of sp³-hybridized carbons (Fsp3) is 0.391. The molecule has 3 rings (SSSR count). The molecular formula is C23H29FN4O2. The molecule has 2 amide bonds. The molecule has 2 N–H and O–H groups in total. The van der Waals surface area contributed by atoms with Crippen LogP contribution in [0.3, 0.4) is 0 Å². The van der Waals surface area contributed by atoms with E-state index in [2.05, 4.69) is 9.80 Å². The van der Waals surface area contributed by atoms with E-state index < -0.39 is 5.91 Å². The number of anilines is 2. The molecule has 0 bridgehead atoms. The lowest BCUT2D eigenvalue weighted by molar-refractivity contribution is -0.123. The Labute approximate surface area is 177 Å². The third-order valence-corrected chi connectivity index (χ3v) is 5.57. The van der Waals surface area contributed by atoms with Crippen molar-refractivity contribution in [3.63, 3.8) is 0 Å². The van der Waals surface area contributed by atoms with Crippen LogP contribution in [-0.2, 0) is 9.59 Å². The molecule has 1 atom stereocenters. The molecular weight excluding hydrogens is 383 g/mol. The molecule has 1 aliphatic heterocycles. The first-order valence-corrected chi connectivity index (χ1v) is 10.3. The Bertz CT molecular complexity index is 879. The van der Waals surface area contributed by atoms with Gasteiger partial charge in [0.2, 0.25) is 11.8 Å². The third kappa shape index (κ3) is 5.36. The summed E-state index contributed by atoms with van der Waals surface area (Å²) in [6.07, 6.45) is 0.116. The molecule has 1 aliphatic rings. The topological polar surface area (TPSA) is 69.9 Å². The van der Waals surface area contributed by atoms with Crippen LogP contribution < -0.4 is 15.5 Å². The van der Waals surface area contributed by atoms with Crippen molar-refractivity contribution in [3.05, 3.63) is 59.9 Å². The van der Waals surface area contributed by atoms with Gasteiger partial charge in [0.1, 0.15) is 5.82 Å². The van der Waals surface area contributed by atoms with Crippen molar-refractivity contribution in [1.29, 1.82) is 0 Å². The highest BCUT2D eigenvalue weighted by Gasteiger charge is 2.29. The Morgan fingerprint density at radius 2 is 1.77 bits per heavy atom. The van der Waals surface area contributed by atoms with Crippen LogP contribution in [0.2, 0.25) is 0 Å². The largest absolute Gasteiger partial charge is 0.370 e. The van der Waals surface area contributed by atoms with Gasteiger partial charge in [-0.3, -0.25) is 14.5 Å². The zero-order chi connectivity index (χ0) is 21.7. The minimum atomic E-state index is -0.430. The Morgan fingerprint density at radius 1 is 1.10 bits per heavy atom. The van der Waals surface area contributed by atoms with E-state index in [1.807, 2.05) is 38.1 Å². The van der Waals surface area contributed by atoms with Gasteiger partial charge in [0, 0.05) is 50.5 Å². The molecule has 0 aliphatic carbocycles. The maximum Gasteiger partial charge on any atom is 0.244 e. The molecule has 0 spiro atoms. The van der Waals surface area contributed by atoms with Gasteiger partial charge >= 0.3 is 0 Å². The van der Waals surface area contributed by atoms with Crippen LogP contribution in [0, 0.1) is 12.7 Å². The van der Waals surface area contributed by atoms with Gasteiger partial charge in [-0.1, -0.05) is 12.1 Å². The van der Waals surface area contributed by atoms with Crippen LogP contribution in [0.1, 0.15) is 18.9 Å². The first-order chi connectivity index (χ1) is 14.3. The summed E-state index contributed by atoms with van der Waals surface area (Å²) in [5, 5.41) is 0. The van der Waals surface area contributed by atoms with Gasteiger partial charge in [0.15, 0.2) is 0 Å². The molecule has 1 heterocycles. The van der Waals surface area contributed by atoms with Crippen LogP contribution in [0.25, 0.3) is 0 Å². The number of primary amides is 1. The van der Waals surface area contributed by atoms with Crippen LogP contribution in [0.15, 0.2) is 48.5 Å². The molecule has 0 aromatic heterocycles. The van der Waals surface area contributed by atoms with Crippen molar-refractivity contribution >= 4 is 23.2 Å². The number of hydrogen-bond acceptors (Lipinski definition) is 4. The molecule has 1 saturated heterocycles. The summed E-state index contributed by atoms with van der Waals surface area (Å²) in [6.45, 7) is 7.10. The second-order valence-electron chi connectivity index (χ2n) is 7.72. The van der Waals surface area contributed by atoms with Gasteiger partial charge in [0.25, 0.3) is 0 Å². The molecule has 7 heteroatoms. The summed E-state index contributed by atoms with van der Waals surface area (Å²) in [5.74, 6) is -0.720. The minimum absolute atomic E-state index is 0.0444. The molecule has 1 unspecified atom stereocenters. The van der Waals surface area contributed by atoms with E-state index in [4.69, 9.17) is 5.73 Å². The molecule has 0 saturated carbocycles. The van der Waals surface area contributed by atoms with Gasteiger partial charge in [-0.05, 0) is 55.8 Å². The molecule has 30 heavy (non-hydrogen) atoms. The Balaban J connectivity index is 1.67. The number of carbonyl (C=O) groups excluding carboxylic acids is 2. The number of aryl methyl sites for hydroxylation is 1. The van der Waals surface area contributed by atoms with Crippen molar-refractivity contribution in [2.45, 2.75) is 26.3 Å². The fourth-order valence-corrected chi connectivity index (χ4v) is 3.79. The molecule has 160 valence electrons. The van der Waals surface area contributed by atoms with E-state index in [1.165, 1.54) is 12.1 Å². The number of hydrogen-bond donors (Lipinski definition) is 1. The van der Waals surface area contributed by atoms with Gasteiger partial charge in [-0.25, -0.2) is 4.39 Å². The average Bonchev–Trinajstić information content (AvgIpc) is 2.74. The molecule has 2 aromatic carbocycles. The zero-order valence-corrected chi connectivity index (χ0v) is 17.6. The Morgan fingerprint density at radius 3 is 2.37 bits per heavy atom. The number of rotatable bonds is 7.